The van der Waals surface area contributed by atoms with Crippen LogP contribution >= 0.6 is 0 Å². The topological polar surface area (TPSA) is 112 Å². The average Bonchev–Trinajstić information content (AvgIpc) is 2.98. The Morgan fingerprint density at radius 1 is 1.50 bits per heavy atom. The molecule has 0 saturated heterocycles. The Balaban J connectivity index is 2.25. The highest BCUT2D eigenvalue weighted by molar-refractivity contribution is 5.99. The minimum absolute atomic E-state index is 0.0289. The third-order valence-corrected chi connectivity index (χ3v) is 3.52. The number of aromatic nitrogens is 1. The van der Waals surface area contributed by atoms with Crippen LogP contribution in [0.25, 0.3) is 0 Å². The van der Waals surface area contributed by atoms with Gasteiger partial charge in [-0.3, -0.25) is 9.78 Å². The molecule has 7 heteroatoms. The molecule has 20 heavy (non-hydrogen) atoms. The van der Waals surface area contributed by atoms with E-state index in [4.69, 9.17) is 10.9 Å². The number of oxime groups is 1. The Hall–Kier alpha value is -2.31. The van der Waals surface area contributed by atoms with Gasteiger partial charge in [0, 0.05) is 12.2 Å². The van der Waals surface area contributed by atoms with E-state index in [2.05, 4.69) is 10.1 Å². The lowest BCUT2D eigenvalue weighted by atomic mass is 10.1. The zero-order chi connectivity index (χ0) is 14.5. The van der Waals surface area contributed by atoms with Gasteiger partial charge in [0.2, 0.25) is 0 Å². The SMILES string of the molecule is N/C(CN(C(=O)c1ccncc1O)C1CCCC1)=N/O. The first kappa shape index (κ1) is 14.1. The van der Waals surface area contributed by atoms with Crippen molar-refractivity contribution in [1.82, 2.24) is 9.88 Å². The Morgan fingerprint density at radius 2 is 2.20 bits per heavy atom. The van der Waals surface area contributed by atoms with Crippen molar-refractivity contribution in [3.63, 3.8) is 0 Å². The first-order valence-electron chi connectivity index (χ1n) is 6.54. The van der Waals surface area contributed by atoms with Crippen molar-refractivity contribution in [2.24, 2.45) is 10.9 Å². The van der Waals surface area contributed by atoms with Crippen molar-refractivity contribution in [2.75, 3.05) is 6.54 Å². The first-order chi connectivity index (χ1) is 9.63. The number of nitrogens with zero attached hydrogens (tertiary/aromatic N) is 3. The van der Waals surface area contributed by atoms with Gasteiger partial charge < -0.3 is 20.9 Å². The van der Waals surface area contributed by atoms with Gasteiger partial charge in [-0.15, -0.1) is 0 Å². The monoisotopic (exact) mass is 278 g/mol. The molecule has 0 spiro atoms. The van der Waals surface area contributed by atoms with Crippen molar-refractivity contribution in [3.05, 3.63) is 24.0 Å². The fraction of sp³-hybridized carbons (Fsp3) is 0.462. The summed E-state index contributed by atoms with van der Waals surface area (Å²) in [5.74, 6) is -0.526. The Kier molecular flexibility index (Phi) is 4.39. The summed E-state index contributed by atoms with van der Waals surface area (Å²) >= 11 is 0. The van der Waals surface area contributed by atoms with E-state index in [1.54, 1.807) is 4.90 Å². The number of carbonyl (C=O) groups excluding carboxylic acids is 1. The van der Waals surface area contributed by atoms with Crippen LogP contribution in [0.4, 0.5) is 0 Å². The Labute approximate surface area is 116 Å². The van der Waals surface area contributed by atoms with Crippen LogP contribution in [0.5, 0.6) is 5.75 Å². The molecular weight excluding hydrogens is 260 g/mol. The molecule has 1 aliphatic carbocycles. The smallest absolute Gasteiger partial charge is 0.258 e. The van der Waals surface area contributed by atoms with Gasteiger partial charge in [0.25, 0.3) is 5.91 Å². The lowest BCUT2D eigenvalue weighted by molar-refractivity contribution is 0.0709. The largest absolute Gasteiger partial charge is 0.505 e. The van der Waals surface area contributed by atoms with E-state index in [0.717, 1.165) is 25.7 Å². The highest BCUT2D eigenvalue weighted by atomic mass is 16.4. The number of amidine groups is 1. The van der Waals surface area contributed by atoms with Crippen molar-refractivity contribution in [3.8, 4) is 5.75 Å². The van der Waals surface area contributed by atoms with Crippen molar-refractivity contribution in [2.45, 2.75) is 31.7 Å². The lowest BCUT2D eigenvalue weighted by Crippen LogP contribution is -2.44. The third-order valence-electron chi connectivity index (χ3n) is 3.52. The maximum atomic E-state index is 12.6. The minimum atomic E-state index is -0.330. The summed E-state index contributed by atoms with van der Waals surface area (Å²) in [5, 5.41) is 21.4. The molecule has 0 aromatic carbocycles. The lowest BCUT2D eigenvalue weighted by Gasteiger charge is -2.28. The predicted octanol–water partition coefficient (Wildman–Crippen LogP) is 0.918. The van der Waals surface area contributed by atoms with Crippen LogP contribution in [0.2, 0.25) is 0 Å². The molecule has 0 atom stereocenters. The number of aromatic hydroxyl groups is 1. The molecule has 1 amide bonds. The number of pyridine rings is 1. The van der Waals surface area contributed by atoms with E-state index in [-0.39, 0.29) is 35.6 Å². The van der Waals surface area contributed by atoms with Crippen LogP contribution in [0.3, 0.4) is 0 Å². The molecule has 0 unspecified atom stereocenters. The summed E-state index contributed by atoms with van der Waals surface area (Å²) in [7, 11) is 0. The molecule has 7 nitrogen and oxygen atoms in total. The van der Waals surface area contributed by atoms with Gasteiger partial charge in [0.15, 0.2) is 5.84 Å². The number of rotatable bonds is 4. The zero-order valence-corrected chi connectivity index (χ0v) is 11.1. The molecule has 1 heterocycles. The summed E-state index contributed by atoms with van der Waals surface area (Å²) in [6.07, 6.45) is 6.54. The van der Waals surface area contributed by atoms with Gasteiger partial charge in [-0.05, 0) is 18.9 Å². The van der Waals surface area contributed by atoms with Crippen LogP contribution in [0.1, 0.15) is 36.0 Å². The molecule has 108 valence electrons. The van der Waals surface area contributed by atoms with Crippen molar-refractivity contribution >= 4 is 11.7 Å². The first-order valence-corrected chi connectivity index (χ1v) is 6.54. The van der Waals surface area contributed by atoms with Gasteiger partial charge in [-0.25, -0.2) is 0 Å². The van der Waals surface area contributed by atoms with Crippen molar-refractivity contribution in [1.29, 1.82) is 0 Å². The molecule has 1 aliphatic rings. The standard InChI is InChI=1S/C13H18N4O3/c14-12(16-20)8-17(9-3-1-2-4-9)13(19)10-5-6-15-7-11(10)18/h5-7,9,18,20H,1-4,8H2,(H2,14,16). The Morgan fingerprint density at radius 3 is 2.80 bits per heavy atom. The van der Waals surface area contributed by atoms with E-state index in [9.17, 15) is 9.90 Å². The predicted molar refractivity (Wildman–Crippen MR) is 72.6 cm³/mol. The second-order valence-corrected chi connectivity index (χ2v) is 4.86. The highest BCUT2D eigenvalue weighted by Crippen LogP contribution is 2.26. The Bertz CT molecular complexity index is 512. The van der Waals surface area contributed by atoms with Crippen LogP contribution in [-0.2, 0) is 0 Å². The van der Waals surface area contributed by atoms with Gasteiger partial charge in [-0.1, -0.05) is 18.0 Å². The van der Waals surface area contributed by atoms with Gasteiger partial charge in [-0.2, -0.15) is 0 Å². The third kappa shape index (κ3) is 2.98. The number of amides is 1. The fourth-order valence-electron chi connectivity index (χ4n) is 2.51. The molecule has 1 fully saturated rings. The maximum absolute atomic E-state index is 12.6. The van der Waals surface area contributed by atoms with Crippen molar-refractivity contribution < 1.29 is 15.1 Å². The van der Waals surface area contributed by atoms with E-state index in [1.165, 1.54) is 18.5 Å². The molecule has 2 rings (SSSR count). The number of carbonyl (C=O) groups is 1. The normalized spacial score (nSPS) is 16.3. The van der Waals surface area contributed by atoms with E-state index >= 15 is 0 Å². The van der Waals surface area contributed by atoms with Gasteiger partial charge in [0.05, 0.1) is 18.3 Å². The summed E-state index contributed by atoms with van der Waals surface area (Å²) in [6.45, 7) is 0.0434. The number of nitrogens with two attached hydrogens (primary N) is 1. The number of hydrogen-bond donors (Lipinski definition) is 3. The molecular formula is C13H18N4O3. The summed E-state index contributed by atoms with van der Waals surface area (Å²) in [6, 6.07) is 1.52. The van der Waals surface area contributed by atoms with Crippen LogP contribution < -0.4 is 5.73 Å². The van der Waals surface area contributed by atoms with E-state index in [0.29, 0.717) is 0 Å². The molecule has 0 radical (unpaired) electrons. The highest BCUT2D eigenvalue weighted by Gasteiger charge is 2.29. The van der Waals surface area contributed by atoms with Crippen LogP contribution in [-0.4, -0.2) is 44.5 Å². The second-order valence-electron chi connectivity index (χ2n) is 4.86. The molecule has 0 aliphatic heterocycles. The van der Waals surface area contributed by atoms with E-state index < -0.39 is 0 Å². The average molecular weight is 278 g/mol. The molecule has 1 aromatic heterocycles. The summed E-state index contributed by atoms with van der Waals surface area (Å²) < 4.78 is 0. The molecule has 4 N–H and O–H groups in total. The second kappa shape index (κ2) is 6.23. The molecule has 0 bridgehead atoms. The molecule has 1 saturated carbocycles. The zero-order valence-electron chi connectivity index (χ0n) is 11.1. The summed E-state index contributed by atoms with van der Waals surface area (Å²) in [5.41, 5.74) is 5.71. The van der Waals surface area contributed by atoms with Crippen LogP contribution in [0.15, 0.2) is 23.6 Å². The summed E-state index contributed by atoms with van der Waals surface area (Å²) in [4.78, 5) is 17.9. The van der Waals surface area contributed by atoms with Gasteiger partial charge >= 0.3 is 0 Å². The van der Waals surface area contributed by atoms with E-state index in [1.807, 2.05) is 0 Å². The quantitative estimate of drug-likeness (QED) is 0.328. The number of hydrogen-bond acceptors (Lipinski definition) is 5. The molecule has 1 aromatic rings. The minimum Gasteiger partial charge on any atom is -0.505 e. The van der Waals surface area contributed by atoms with Crippen LogP contribution in [0, 0.1) is 0 Å². The maximum Gasteiger partial charge on any atom is 0.258 e. The fourth-order valence-corrected chi connectivity index (χ4v) is 2.51. The van der Waals surface area contributed by atoms with Gasteiger partial charge in [0.1, 0.15) is 5.75 Å².